The Balaban J connectivity index is 2.12. The monoisotopic (exact) mass is 257 g/mol. The molecule has 19 heavy (non-hydrogen) atoms. The van der Waals surface area contributed by atoms with E-state index in [1.807, 2.05) is 54.6 Å². The van der Waals surface area contributed by atoms with Gasteiger partial charge in [-0.1, -0.05) is 48.5 Å². The van der Waals surface area contributed by atoms with Gasteiger partial charge in [-0.2, -0.15) is 0 Å². The number of nitrogens with two attached hydrogens (primary N) is 1. The van der Waals surface area contributed by atoms with Crippen LogP contribution in [0, 0.1) is 0 Å². The Morgan fingerprint density at radius 1 is 1.05 bits per heavy atom. The SMILES string of the molecule is COc1ccccc1C(O)C(N)Cc1ccccc1. The fourth-order valence-electron chi connectivity index (χ4n) is 2.14. The molecule has 0 aliphatic rings. The Morgan fingerprint density at radius 2 is 1.68 bits per heavy atom. The maximum Gasteiger partial charge on any atom is 0.124 e. The maximum absolute atomic E-state index is 10.4. The third kappa shape index (κ3) is 3.34. The Bertz CT molecular complexity index is 513. The zero-order chi connectivity index (χ0) is 13.7. The van der Waals surface area contributed by atoms with Crippen LogP contribution in [0.2, 0.25) is 0 Å². The Labute approximate surface area is 113 Å². The first-order chi connectivity index (χ1) is 9.22. The molecule has 3 heteroatoms. The highest BCUT2D eigenvalue weighted by molar-refractivity contribution is 5.36. The number of ether oxygens (including phenoxy) is 1. The van der Waals surface area contributed by atoms with Crippen molar-refractivity contribution in [2.45, 2.75) is 18.6 Å². The first-order valence-corrected chi connectivity index (χ1v) is 6.33. The lowest BCUT2D eigenvalue weighted by Gasteiger charge is -2.21. The fourth-order valence-corrected chi connectivity index (χ4v) is 2.14. The Kier molecular flexibility index (Phi) is 4.55. The number of aliphatic hydroxyl groups excluding tert-OH is 1. The second kappa shape index (κ2) is 6.36. The first kappa shape index (κ1) is 13.6. The van der Waals surface area contributed by atoms with Crippen LogP contribution in [0.4, 0.5) is 0 Å². The Morgan fingerprint density at radius 3 is 2.37 bits per heavy atom. The van der Waals surface area contributed by atoms with Crippen LogP contribution in [0.3, 0.4) is 0 Å². The average molecular weight is 257 g/mol. The highest BCUT2D eigenvalue weighted by Crippen LogP contribution is 2.27. The summed E-state index contributed by atoms with van der Waals surface area (Å²) in [5, 5.41) is 10.4. The smallest absolute Gasteiger partial charge is 0.124 e. The van der Waals surface area contributed by atoms with E-state index >= 15 is 0 Å². The average Bonchev–Trinajstić information content (AvgIpc) is 2.47. The molecular formula is C16H19NO2. The molecule has 3 nitrogen and oxygen atoms in total. The molecule has 2 aromatic carbocycles. The van der Waals surface area contributed by atoms with Crippen molar-refractivity contribution in [2.24, 2.45) is 5.73 Å². The zero-order valence-corrected chi connectivity index (χ0v) is 11.0. The lowest BCUT2D eigenvalue weighted by molar-refractivity contribution is 0.142. The van der Waals surface area contributed by atoms with Crippen molar-refractivity contribution in [3.05, 3.63) is 65.7 Å². The first-order valence-electron chi connectivity index (χ1n) is 6.33. The predicted octanol–water partition coefficient (Wildman–Crippen LogP) is 2.30. The molecular weight excluding hydrogens is 238 g/mol. The lowest BCUT2D eigenvalue weighted by atomic mass is 9.96. The van der Waals surface area contributed by atoms with Crippen LogP contribution in [-0.4, -0.2) is 18.3 Å². The van der Waals surface area contributed by atoms with E-state index in [1.54, 1.807) is 7.11 Å². The molecule has 0 saturated heterocycles. The minimum atomic E-state index is -0.739. The summed E-state index contributed by atoms with van der Waals surface area (Å²) in [6.45, 7) is 0. The summed E-state index contributed by atoms with van der Waals surface area (Å²) in [4.78, 5) is 0. The van der Waals surface area contributed by atoms with Gasteiger partial charge in [0.25, 0.3) is 0 Å². The van der Waals surface area contributed by atoms with Crippen LogP contribution in [0.5, 0.6) is 5.75 Å². The molecule has 0 fully saturated rings. The van der Waals surface area contributed by atoms with Crippen molar-refractivity contribution in [2.75, 3.05) is 7.11 Å². The molecule has 0 aliphatic carbocycles. The number of para-hydroxylation sites is 1. The van der Waals surface area contributed by atoms with Crippen molar-refractivity contribution < 1.29 is 9.84 Å². The van der Waals surface area contributed by atoms with Crippen LogP contribution in [0.25, 0.3) is 0 Å². The molecule has 0 spiro atoms. The van der Waals surface area contributed by atoms with Crippen molar-refractivity contribution in [3.63, 3.8) is 0 Å². The summed E-state index contributed by atoms with van der Waals surface area (Å²) in [7, 11) is 1.59. The number of rotatable bonds is 5. The van der Waals surface area contributed by atoms with Crippen LogP contribution < -0.4 is 10.5 Å². The summed E-state index contributed by atoms with van der Waals surface area (Å²) >= 11 is 0. The number of methoxy groups -OCH3 is 1. The summed E-state index contributed by atoms with van der Waals surface area (Å²) in [6.07, 6.45) is -0.114. The molecule has 0 saturated carbocycles. The van der Waals surface area contributed by atoms with Crippen LogP contribution in [0.15, 0.2) is 54.6 Å². The van der Waals surface area contributed by atoms with E-state index in [4.69, 9.17) is 10.5 Å². The minimum absolute atomic E-state index is 0.362. The molecule has 0 amide bonds. The molecule has 0 aromatic heterocycles. The maximum atomic E-state index is 10.4. The predicted molar refractivity (Wildman–Crippen MR) is 76.1 cm³/mol. The van der Waals surface area contributed by atoms with Gasteiger partial charge in [0.2, 0.25) is 0 Å². The fraction of sp³-hybridized carbons (Fsp3) is 0.250. The van der Waals surface area contributed by atoms with Gasteiger partial charge in [0.15, 0.2) is 0 Å². The van der Waals surface area contributed by atoms with Gasteiger partial charge in [-0.05, 0) is 18.1 Å². The number of aliphatic hydroxyl groups is 1. The Hall–Kier alpha value is -1.84. The van der Waals surface area contributed by atoms with E-state index in [1.165, 1.54) is 0 Å². The third-order valence-electron chi connectivity index (χ3n) is 3.18. The summed E-state index contributed by atoms with van der Waals surface area (Å²) in [6, 6.07) is 17.0. The third-order valence-corrected chi connectivity index (χ3v) is 3.18. The van der Waals surface area contributed by atoms with E-state index in [2.05, 4.69) is 0 Å². The molecule has 2 unspecified atom stereocenters. The summed E-state index contributed by atoms with van der Waals surface area (Å²) in [5.41, 5.74) is 7.94. The molecule has 2 atom stereocenters. The molecule has 2 rings (SSSR count). The normalized spacial score (nSPS) is 13.8. The van der Waals surface area contributed by atoms with E-state index in [9.17, 15) is 5.11 Å². The quantitative estimate of drug-likeness (QED) is 0.864. The van der Waals surface area contributed by atoms with Gasteiger partial charge in [0, 0.05) is 11.6 Å². The molecule has 0 aliphatic heterocycles. The van der Waals surface area contributed by atoms with Crippen molar-refractivity contribution in [1.82, 2.24) is 0 Å². The number of benzene rings is 2. The standard InChI is InChI=1S/C16H19NO2/c1-19-15-10-6-5-9-13(15)16(18)14(17)11-12-7-3-2-4-8-12/h2-10,14,16,18H,11,17H2,1H3. The number of hydrogen-bond acceptors (Lipinski definition) is 3. The van der Waals surface area contributed by atoms with E-state index < -0.39 is 6.10 Å². The summed E-state index contributed by atoms with van der Waals surface area (Å²) < 4.78 is 5.25. The molecule has 3 N–H and O–H groups in total. The molecule has 100 valence electrons. The van der Waals surface area contributed by atoms with Crippen LogP contribution >= 0.6 is 0 Å². The molecule has 0 radical (unpaired) electrons. The van der Waals surface area contributed by atoms with Crippen molar-refractivity contribution in [1.29, 1.82) is 0 Å². The summed E-state index contributed by atoms with van der Waals surface area (Å²) in [5.74, 6) is 0.665. The zero-order valence-electron chi connectivity index (χ0n) is 11.0. The van der Waals surface area contributed by atoms with Crippen LogP contribution in [0.1, 0.15) is 17.2 Å². The second-order valence-electron chi connectivity index (χ2n) is 4.54. The van der Waals surface area contributed by atoms with Gasteiger partial charge in [-0.25, -0.2) is 0 Å². The van der Waals surface area contributed by atoms with Gasteiger partial charge in [-0.3, -0.25) is 0 Å². The highest BCUT2D eigenvalue weighted by Gasteiger charge is 2.20. The van der Waals surface area contributed by atoms with Crippen LogP contribution in [-0.2, 0) is 6.42 Å². The topological polar surface area (TPSA) is 55.5 Å². The van der Waals surface area contributed by atoms with Gasteiger partial charge in [-0.15, -0.1) is 0 Å². The van der Waals surface area contributed by atoms with Gasteiger partial charge >= 0.3 is 0 Å². The van der Waals surface area contributed by atoms with Crippen molar-refractivity contribution in [3.8, 4) is 5.75 Å². The van der Waals surface area contributed by atoms with Gasteiger partial charge < -0.3 is 15.6 Å². The van der Waals surface area contributed by atoms with E-state index in [0.717, 1.165) is 11.1 Å². The largest absolute Gasteiger partial charge is 0.496 e. The highest BCUT2D eigenvalue weighted by atomic mass is 16.5. The van der Waals surface area contributed by atoms with E-state index in [0.29, 0.717) is 12.2 Å². The van der Waals surface area contributed by atoms with E-state index in [-0.39, 0.29) is 6.04 Å². The van der Waals surface area contributed by atoms with Gasteiger partial charge in [0.1, 0.15) is 5.75 Å². The second-order valence-corrected chi connectivity index (χ2v) is 4.54. The van der Waals surface area contributed by atoms with Crippen molar-refractivity contribution >= 4 is 0 Å². The number of hydrogen-bond donors (Lipinski definition) is 2. The molecule has 0 bridgehead atoms. The lowest BCUT2D eigenvalue weighted by Crippen LogP contribution is -2.30. The van der Waals surface area contributed by atoms with Gasteiger partial charge in [0.05, 0.1) is 13.2 Å². The molecule has 0 heterocycles. The molecule has 2 aromatic rings. The minimum Gasteiger partial charge on any atom is -0.496 e.